The van der Waals surface area contributed by atoms with Crippen LogP contribution in [0.15, 0.2) is 30.3 Å². The number of aromatic nitrogens is 3. The molecular formula is C22H12Cl2F3N5O3S. The second-order valence-electron chi connectivity index (χ2n) is 6.93. The van der Waals surface area contributed by atoms with Crippen LogP contribution in [0.3, 0.4) is 0 Å². The second-order valence-corrected chi connectivity index (χ2v) is 8.74. The summed E-state index contributed by atoms with van der Waals surface area (Å²) < 4.78 is 54.4. The number of ether oxygens (including phenoxy) is 3. The Hall–Kier alpha value is -3.55. The summed E-state index contributed by atoms with van der Waals surface area (Å²) in [4.78, 5) is 8.45. The first kappa shape index (κ1) is 25.5. The van der Waals surface area contributed by atoms with Crippen LogP contribution < -0.4 is 9.47 Å². The lowest BCUT2D eigenvalue weighted by molar-refractivity contribution is -0.274. The van der Waals surface area contributed by atoms with Crippen molar-refractivity contribution >= 4 is 44.8 Å². The number of hydrogen-bond donors (Lipinski definition) is 0. The van der Waals surface area contributed by atoms with E-state index in [9.17, 15) is 23.7 Å². The molecule has 2 aromatic heterocycles. The van der Waals surface area contributed by atoms with E-state index in [4.69, 9.17) is 32.7 Å². The maximum atomic E-state index is 12.5. The van der Waals surface area contributed by atoms with Crippen molar-refractivity contribution in [2.24, 2.45) is 0 Å². The summed E-state index contributed by atoms with van der Waals surface area (Å²) in [6.07, 6.45) is -4.82. The predicted molar refractivity (Wildman–Crippen MR) is 125 cm³/mol. The van der Waals surface area contributed by atoms with E-state index in [0.717, 1.165) is 17.4 Å². The first-order valence-corrected chi connectivity index (χ1v) is 11.5. The van der Waals surface area contributed by atoms with Crippen molar-refractivity contribution in [3.8, 4) is 40.2 Å². The Bertz CT molecular complexity index is 1520. The van der Waals surface area contributed by atoms with Crippen molar-refractivity contribution in [2.75, 3.05) is 6.61 Å². The summed E-state index contributed by atoms with van der Waals surface area (Å²) in [5, 5.41) is 19.1. The number of halogens is 5. The van der Waals surface area contributed by atoms with Gasteiger partial charge in [-0.15, -0.1) is 13.2 Å². The van der Waals surface area contributed by atoms with Gasteiger partial charge < -0.3 is 14.2 Å². The molecule has 0 unspecified atom stereocenters. The zero-order valence-electron chi connectivity index (χ0n) is 18.1. The van der Waals surface area contributed by atoms with Gasteiger partial charge in [0.15, 0.2) is 17.1 Å². The minimum Gasteiger partial charge on any atom is -0.428 e. The Morgan fingerprint density at radius 1 is 1.08 bits per heavy atom. The molecule has 36 heavy (non-hydrogen) atoms. The van der Waals surface area contributed by atoms with Crippen LogP contribution in [-0.4, -0.2) is 27.5 Å². The molecule has 0 amide bonds. The fourth-order valence-corrected chi connectivity index (χ4v) is 4.59. The standard InChI is InChI=1S/C22H12Cl2F3N5O3S/c1-2-33-10-32-17(9-29)16(8-28)30-20(32)11-5-13(23)19(14(24)6-11)34-21-31-15-4-3-12(7-18(15)36-21)35-22(25,26)27/h3-7H,2,10H2,1H3. The molecule has 0 saturated carbocycles. The Morgan fingerprint density at radius 2 is 1.81 bits per heavy atom. The molecule has 0 aliphatic rings. The van der Waals surface area contributed by atoms with Gasteiger partial charge in [0.05, 0.1) is 20.3 Å². The number of hydrogen-bond acceptors (Lipinski definition) is 8. The van der Waals surface area contributed by atoms with Crippen molar-refractivity contribution in [2.45, 2.75) is 20.0 Å². The summed E-state index contributed by atoms with van der Waals surface area (Å²) >= 11 is 13.8. The smallest absolute Gasteiger partial charge is 0.428 e. The van der Waals surface area contributed by atoms with Crippen molar-refractivity contribution in [1.29, 1.82) is 10.5 Å². The fraction of sp³-hybridized carbons (Fsp3) is 0.182. The lowest BCUT2D eigenvalue weighted by Crippen LogP contribution is -2.16. The third kappa shape index (κ3) is 5.32. The number of alkyl halides is 3. The Labute approximate surface area is 215 Å². The lowest BCUT2D eigenvalue weighted by Gasteiger charge is -2.12. The van der Waals surface area contributed by atoms with Crippen LogP contribution in [-0.2, 0) is 11.5 Å². The average Bonchev–Trinajstić information content (AvgIpc) is 3.38. The van der Waals surface area contributed by atoms with Crippen LogP contribution in [0.1, 0.15) is 18.3 Å². The quantitative estimate of drug-likeness (QED) is 0.245. The molecule has 0 atom stereocenters. The van der Waals surface area contributed by atoms with Crippen LogP contribution in [0.2, 0.25) is 10.0 Å². The van der Waals surface area contributed by atoms with Crippen molar-refractivity contribution < 1.29 is 27.4 Å². The molecule has 4 rings (SSSR count). The fourth-order valence-electron chi connectivity index (χ4n) is 3.17. The van der Waals surface area contributed by atoms with Gasteiger partial charge in [-0.25, -0.2) is 9.97 Å². The second kappa shape index (κ2) is 10.2. The minimum absolute atomic E-state index is 0.0249. The van der Waals surface area contributed by atoms with Crippen LogP contribution in [0.4, 0.5) is 13.2 Å². The molecule has 0 aliphatic heterocycles. The predicted octanol–water partition coefficient (Wildman–Crippen LogP) is 6.89. The molecule has 0 bridgehead atoms. The highest BCUT2D eigenvalue weighted by atomic mass is 35.5. The summed E-state index contributed by atoms with van der Waals surface area (Å²) in [5.41, 5.74) is 0.729. The molecule has 0 aliphatic carbocycles. The first-order chi connectivity index (χ1) is 17.1. The van der Waals surface area contributed by atoms with Crippen molar-refractivity contribution in [3.63, 3.8) is 0 Å². The van der Waals surface area contributed by atoms with E-state index in [2.05, 4.69) is 14.7 Å². The summed E-state index contributed by atoms with van der Waals surface area (Å²) in [7, 11) is 0. The van der Waals surface area contributed by atoms with Gasteiger partial charge in [0.25, 0.3) is 5.19 Å². The van der Waals surface area contributed by atoms with Gasteiger partial charge in [0.2, 0.25) is 0 Å². The SMILES string of the molecule is CCOCn1c(-c2cc(Cl)c(Oc3nc4ccc(OC(F)(F)F)cc4s3)c(Cl)c2)nc(C#N)c1C#N. The van der Waals surface area contributed by atoms with E-state index in [-0.39, 0.29) is 50.7 Å². The summed E-state index contributed by atoms with van der Waals surface area (Å²) in [6.45, 7) is 2.12. The van der Waals surface area contributed by atoms with E-state index < -0.39 is 6.36 Å². The molecule has 184 valence electrons. The Balaban J connectivity index is 1.67. The summed E-state index contributed by atoms with van der Waals surface area (Å²) in [5.74, 6) is -0.0948. The van der Waals surface area contributed by atoms with E-state index in [0.29, 0.717) is 22.4 Å². The highest BCUT2D eigenvalue weighted by Crippen LogP contribution is 2.42. The topological polar surface area (TPSA) is 106 Å². The van der Waals surface area contributed by atoms with Gasteiger partial charge in [-0.2, -0.15) is 10.5 Å². The molecular weight excluding hydrogens is 542 g/mol. The highest BCUT2D eigenvalue weighted by Gasteiger charge is 2.31. The average molecular weight is 554 g/mol. The van der Waals surface area contributed by atoms with Gasteiger partial charge in [0, 0.05) is 18.2 Å². The minimum atomic E-state index is -4.82. The largest absolute Gasteiger partial charge is 0.573 e. The number of rotatable bonds is 7. The Kier molecular flexibility index (Phi) is 7.24. The van der Waals surface area contributed by atoms with Crippen LogP contribution in [0, 0.1) is 22.7 Å². The molecule has 0 saturated heterocycles. The molecule has 0 fully saturated rings. The van der Waals surface area contributed by atoms with E-state index in [1.54, 1.807) is 6.92 Å². The monoisotopic (exact) mass is 553 g/mol. The van der Waals surface area contributed by atoms with Gasteiger partial charge in [0.1, 0.15) is 30.4 Å². The van der Waals surface area contributed by atoms with Crippen molar-refractivity contribution in [1.82, 2.24) is 14.5 Å². The van der Waals surface area contributed by atoms with Crippen LogP contribution in [0.5, 0.6) is 16.7 Å². The number of imidazole rings is 1. The van der Waals surface area contributed by atoms with Crippen LogP contribution in [0.25, 0.3) is 21.6 Å². The molecule has 0 spiro atoms. The maximum Gasteiger partial charge on any atom is 0.573 e. The molecule has 0 radical (unpaired) electrons. The van der Waals surface area contributed by atoms with E-state index in [1.165, 1.54) is 28.8 Å². The number of nitrogens with zero attached hydrogens (tertiary/aromatic N) is 5. The molecule has 0 N–H and O–H groups in total. The third-order valence-corrected chi connectivity index (χ3v) is 6.08. The molecule has 2 heterocycles. The van der Waals surface area contributed by atoms with Gasteiger partial charge >= 0.3 is 6.36 Å². The number of benzene rings is 2. The highest BCUT2D eigenvalue weighted by molar-refractivity contribution is 7.20. The molecule has 14 heteroatoms. The summed E-state index contributed by atoms with van der Waals surface area (Å²) in [6, 6.07) is 10.5. The molecule has 4 aromatic rings. The molecule has 2 aromatic carbocycles. The normalized spacial score (nSPS) is 11.3. The zero-order valence-corrected chi connectivity index (χ0v) is 20.4. The zero-order chi connectivity index (χ0) is 26.0. The van der Waals surface area contributed by atoms with E-state index >= 15 is 0 Å². The van der Waals surface area contributed by atoms with Crippen molar-refractivity contribution in [3.05, 3.63) is 51.8 Å². The lowest BCUT2D eigenvalue weighted by atomic mass is 10.2. The Morgan fingerprint density at radius 3 is 2.42 bits per heavy atom. The third-order valence-electron chi connectivity index (χ3n) is 4.62. The number of fused-ring (bicyclic) bond motifs is 1. The van der Waals surface area contributed by atoms with Crippen LogP contribution >= 0.6 is 34.5 Å². The van der Waals surface area contributed by atoms with Gasteiger partial charge in [-0.3, -0.25) is 4.57 Å². The van der Waals surface area contributed by atoms with Gasteiger partial charge in [-0.1, -0.05) is 34.5 Å². The number of nitriles is 2. The maximum absolute atomic E-state index is 12.5. The first-order valence-electron chi connectivity index (χ1n) is 9.95. The molecule has 8 nitrogen and oxygen atoms in total. The van der Waals surface area contributed by atoms with Gasteiger partial charge in [-0.05, 0) is 31.2 Å². The van der Waals surface area contributed by atoms with E-state index in [1.807, 2.05) is 12.1 Å². The number of thiazole rings is 1.